The summed E-state index contributed by atoms with van der Waals surface area (Å²) in [5.41, 5.74) is 1.04. The number of aromatic hydroxyl groups is 1. The molecule has 1 N–H and O–H groups in total. The summed E-state index contributed by atoms with van der Waals surface area (Å²) >= 11 is 4.52. The predicted octanol–water partition coefficient (Wildman–Crippen LogP) is 5.56. The van der Waals surface area contributed by atoms with Gasteiger partial charge in [0.15, 0.2) is 22.1 Å². The monoisotopic (exact) mass is 490 g/mol. The van der Waals surface area contributed by atoms with Gasteiger partial charge in [-0.25, -0.2) is 0 Å². The SMILES string of the molecule is O=C1c2ccccc2C(=O)C1C(c1cccc(Br)c1)c1c(O)sc2ccccc2c1=O. The van der Waals surface area contributed by atoms with E-state index >= 15 is 0 Å². The van der Waals surface area contributed by atoms with Crippen LogP contribution in [0.15, 0.2) is 82.1 Å². The molecule has 0 saturated carbocycles. The number of ketones is 2. The summed E-state index contributed by atoms with van der Waals surface area (Å²) in [4.78, 5) is 40.2. The quantitative estimate of drug-likeness (QED) is 0.381. The van der Waals surface area contributed by atoms with E-state index in [2.05, 4.69) is 15.9 Å². The van der Waals surface area contributed by atoms with Crippen LogP contribution in [-0.2, 0) is 0 Å². The Kier molecular flexibility index (Phi) is 4.84. The van der Waals surface area contributed by atoms with Gasteiger partial charge >= 0.3 is 0 Å². The van der Waals surface area contributed by atoms with Gasteiger partial charge in [-0.3, -0.25) is 14.4 Å². The van der Waals surface area contributed by atoms with Crippen molar-refractivity contribution in [2.24, 2.45) is 5.92 Å². The van der Waals surface area contributed by atoms with Crippen molar-refractivity contribution in [1.29, 1.82) is 0 Å². The molecule has 4 aromatic rings. The Morgan fingerprint density at radius 3 is 2.16 bits per heavy atom. The molecule has 31 heavy (non-hydrogen) atoms. The summed E-state index contributed by atoms with van der Waals surface area (Å²) < 4.78 is 1.40. The lowest BCUT2D eigenvalue weighted by Gasteiger charge is -2.23. The lowest BCUT2D eigenvalue weighted by molar-refractivity contribution is 0.0824. The molecule has 1 aliphatic carbocycles. The number of benzene rings is 3. The van der Waals surface area contributed by atoms with Crippen molar-refractivity contribution in [1.82, 2.24) is 0 Å². The molecule has 1 aromatic heterocycles. The topological polar surface area (TPSA) is 71.4 Å². The zero-order valence-corrected chi connectivity index (χ0v) is 18.4. The molecule has 1 atom stereocenters. The fraction of sp³-hybridized carbons (Fsp3) is 0.0800. The third kappa shape index (κ3) is 3.14. The molecular formula is C25H15BrO4S. The Morgan fingerprint density at radius 1 is 0.839 bits per heavy atom. The molecule has 3 aromatic carbocycles. The van der Waals surface area contributed by atoms with Gasteiger partial charge in [0.05, 0.1) is 11.5 Å². The molecule has 4 nitrogen and oxygen atoms in total. The van der Waals surface area contributed by atoms with Gasteiger partial charge in [0.25, 0.3) is 0 Å². The van der Waals surface area contributed by atoms with Crippen molar-refractivity contribution < 1.29 is 14.7 Å². The zero-order valence-electron chi connectivity index (χ0n) is 16.0. The first-order chi connectivity index (χ1) is 15.0. The fourth-order valence-electron chi connectivity index (χ4n) is 4.31. The van der Waals surface area contributed by atoms with Crippen LogP contribution >= 0.6 is 27.3 Å². The second kappa shape index (κ2) is 7.55. The highest BCUT2D eigenvalue weighted by Crippen LogP contribution is 2.44. The van der Waals surface area contributed by atoms with Gasteiger partial charge in [-0.05, 0) is 29.8 Å². The van der Waals surface area contributed by atoms with Gasteiger partial charge in [-0.2, -0.15) is 0 Å². The van der Waals surface area contributed by atoms with Crippen molar-refractivity contribution in [2.45, 2.75) is 5.92 Å². The minimum absolute atomic E-state index is 0.0845. The van der Waals surface area contributed by atoms with Crippen LogP contribution in [0.1, 0.15) is 37.8 Å². The van der Waals surface area contributed by atoms with E-state index in [1.807, 2.05) is 6.07 Å². The molecule has 0 saturated heterocycles. The Labute approximate surface area is 189 Å². The van der Waals surface area contributed by atoms with Crippen molar-refractivity contribution in [2.75, 3.05) is 0 Å². The van der Waals surface area contributed by atoms with E-state index in [1.54, 1.807) is 66.7 Å². The van der Waals surface area contributed by atoms with Crippen LogP contribution in [0, 0.1) is 5.92 Å². The van der Waals surface area contributed by atoms with Gasteiger partial charge in [0.2, 0.25) is 0 Å². The number of carbonyl (C=O) groups is 2. The lowest BCUT2D eigenvalue weighted by atomic mass is 9.78. The zero-order chi connectivity index (χ0) is 21.7. The van der Waals surface area contributed by atoms with Crippen LogP contribution in [0.5, 0.6) is 5.06 Å². The molecule has 5 rings (SSSR count). The molecule has 0 amide bonds. The largest absolute Gasteiger partial charge is 0.499 e. The maximum atomic E-state index is 13.5. The molecule has 0 bridgehead atoms. The summed E-state index contributed by atoms with van der Waals surface area (Å²) in [5.74, 6) is -2.68. The molecule has 6 heteroatoms. The average molecular weight is 491 g/mol. The summed E-state index contributed by atoms with van der Waals surface area (Å²) in [5, 5.41) is 11.2. The van der Waals surface area contributed by atoms with Crippen LogP contribution in [0.3, 0.4) is 0 Å². The van der Waals surface area contributed by atoms with E-state index in [4.69, 9.17) is 0 Å². The maximum Gasteiger partial charge on any atom is 0.195 e. The minimum Gasteiger partial charge on any atom is -0.499 e. The summed E-state index contributed by atoms with van der Waals surface area (Å²) in [6.07, 6.45) is 0. The Balaban J connectivity index is 1.81. The van der Waals surface area contributed by atoms with Crippen molar-refractivity contribution in [3.05, 3.63) is 110 Å². The number of hydrogen-bond acceptors (Lipinski definition) is 5. The number of carbonyl (C=O) groups excluding carboxylic acids is 2. The molecule has 0 radical (unpaired) electrons. The number of fused-ring (bicyclic) bond motifs is 2. The highest BCUT2D eigenvalue weighted by atomic mass is 79.9. The van der Waals surface area contributed by atoms with E-state index in [1.165, 1.54) is 0 Å². The molecule has 1 heterocycles. The third-order valence-electron chi connectivity index (χ3n) is 5.69. The summed E-state index contributed by atoms with van der Waals surface area (Å²) in [6.45, 7) is 0. The van der Waals surface area contributed by atoms with E-state index in [-0.39, 0.29) is 27.6 Å². The maximum absolute atomic E-state index is 13.5. The first-order valence-electron chi connectivity index (χ1n) is 9.65. The molecule has 1 aliphatic rings. The minimum atomic E-state index is -1.11. The first kappa shape index (κ1) is 19.8. The van der Waals surface area contributed by atoms with Gasteiger partial charge in [0, 0.05) is 31.6 Å². The van der Waals surface area contributed by atoms with Crippen LogP contribution in [0.2, 0.25) is 0 Å². The molecular weight excluding hydrogens is 476 g/mol. The summed E-state index contributed by atoms with van der Waals surface area (Å²) in [6, 6.07) is 20.9. The fourth-order valence-corrected chi connectivity index (χ4v) is 5.69. The molecule has 152 valence electrons. The highest BCUT2D eigenvalue weighted by molar-refractivity contribution is 9.10. The Hall–Kier alpha value is -3.09. The standard InChI is InChI=1S/C25H15BrO4S/c26-14-7-5-6-13(12-14)19(20-22(27)15-8-1-2-9-16(15)23(20)28)21-24(29)17-10-3-4-11-18(17)31-25(21)30/h1-12,19-20,30H. The van der Waals surface area contributed by atoms with Crippen LogP contribution in [-0.4, -0.2) is 16.7 Å². The molecule has 1 unspecified atom stereocenters. The first-order valence-corrected chi connectivity index (χ1v) is 11.3. The van der Waals surface area contributed by atoms with Gasteiger partial charge in [-0.15, -0.1) is 0 Å². The van der Waals surface area contributed by atoms with Gasteiger partial charge in [-0.1, -0.05) is 75.8 Å². The van der Waals surface area contributed by atoms with Crippen LogP contribution in [0.4, 0.5) is 0 Å². The number of rotatable bonds is 3. The second-order valence-electron chi connectivity index (χ2n) is 7.43. The second-order valence-corrected chi connectivity index (χ2v) is 9.38. The molecule has 0 fully saturated rings. The Morgan fingerprint density at radius 2 is 1.48 bits per heavy atom. The van der Waals surface area contributed by atoms with Gasteiger partial charge < -0.3 is 5.11 Å². The van der Waals surface area contributed by atoms with E-state index in [9.17, 15) is 19.5 Å². The summed E-state index contributed by atoms with van der Waals surface area (Å²) in [7, 11) is 0. The molecule has 0 aliphatic heterocycles. The van der Waals surface area contributed by atoms with Crippen LogP contribution < -0.4 is 5.43 Å². The van der Waals surface area contributed by atoms with Gasteiger partial charge in [0.1, 0.15) is 0 Å². The number of halogens is 1. The van der Waals surface area contributed by atoms with Crippen molar-refractivity contribution >= 4 is 48.9 Å². The van der Waals surface area contributed by atoms with Crippen molar-refractivity contribution in [3.8, 4) is 5.06 Å². The third-order valence-corrected chi connectivity index (χ3v) is 7.17. The number of hydrogen-bond donors (Lipinski definition) is 1. The van der Waals surface area contributed by atoms with Crippen LogP contribution in [0.25, 0.3) is 10.1 Å². The predicted molar refractivity (Wildman–Crippen MR) is 124 cm³/mol. The molecule has 0 spiro atoms. The van der Waals surface area contributed by atoms with E-state index < -0.39 is 11.8 Å². The highest BCUT2D eigenvalue weighted by Gasteiger charge is 2.46. The lowest BCUT2D eigenvalue weighted by Crippen LogP contribution is -2.28. The normalized spacial score (nSPS) is 14.7. The smallest absolute Gasteiger partial charge is 0.195 e. The number of Topliss-reactive ketones (excluding diaryl/α,β-unsaturated/α-hetero) is 2. The van der Waals surface area contributed by atoms with E-state index in [0.717, 1.165) is 15.8 Å². The Bertz CT molecular complexity index is 1400. The van der Waals surface area contributed by atoms with Crippen molar-refractivity contribution in [3.63, 3.8) is 0 Å². The average Bonchev–Trinajstić information content (AvgIpc) is 3.02. The van der Waals surface area contributed by atoms with E-state index in [0.29, 0.717) is 26.8 Å².